The first kappa shape index (κ1) is 30.3. The highest BCUT2D eigenvalue weighted by atomic mass is 16.4. The Labute approximate surface area is 163 Å². The first-order valence-corrected chi connectivity index (χ1v) is 8.51. The summed E-state index contributed by atoms with van der Waals surface area (Å²) in [7, 11) is 0. The number of carboxylic acids is 3. The number of carboxylic acid groups (broad SMARTS) is 3. The third kappa shape index (κ3) is 23.5. The molecule has 3 atom stereocenters. The molecule has 0 unspecified atom stereocenters. The average Bonchev–Trinajstić information content (AvgIpc) is 2.59. The fraction of sp³-hybridized carbons (Fsp3) is 0.733. The molecular formula is C15H34N6O7. The van der Waals surface area contributed by atoms with E-state index in [1.54, 1.807) is 0 Å². The number of hydrogen-bond donors (Lipinski definition) is 9. The van der Waals surface area contributed by atoms with Gasteiger partial charge >= 0.3 is 17.9 Å². The lowest BCUT2D eigenvalue weighted by Crippen LogP contribution is -2.30. The van der Waals surface area contributed by atoms with Crippen LogP contribution in [0.25, 0.3) is 0 Å². The fourth-order valence-electron chi connectivity index (χ4n) is 1.34. The van der Waals surface area contributed by atoms with Gasteiger partial charge in [0, 0.05) is 13.2 Å². The van der Waals surface area contributed by atoms with Crippen LogP contribution in [0.5, 0.6) is 0 Å². The van der Waals surface area contributed by atoms with Crippen LogP contribution in [-0.4, -0.2) is 75.6 Å². The van der Waals surface area contributed by atoms with E-state index in [1.807, 2.05) is 6.92 Å². The Morgan fingerprint density at radius 3 is 1.46 bits per heavy atom. The number of aliphatic carboxylic acids is 3. The van der Waals surface area contributed by atoms with Crippen LogP contribution in [0.1, 0.15) is 39.0 Å². The number of hydrogen-bond acceptors (Lipinski definition) is 8. The second-order valence-corrected chi connectivity index (χ2v) is 5.58. The van der Waals surface area contributed by atoms with Crippen LogP contribution in [0.4, 0.5) is 0 Å². The van der Waals surface area contributed by atoms with Crippen molar-refractivity contribution < 1.29 is 34.8 Å². The van der Waals surface area contributed by atoms with Gasteiger partial charge in [0.1, 0.15) is 18.1 Å². The van der Waals surface area contributed by atoms with Crippen molar-refractivity contribution in [3.05, 3.63) is 0 Å². The Bertz CT molecular complexity index is 450. The molecule has 0 saturated heterocycles. The van der Waals surface area contributed by atoms with Gasteiger partial charge in [-0.25, -0.2) is 0 Å². The van der Waals surface area contributed by atoms with E-state index in [-0.39, 0.29) is 19.0 Å². The molecule has 0 aliphatic rings. The van der Waals surface area contributed by atoms with E-state index in [9.17, 15) is 14.4 Å². The topological polar surface area (TPSA) is 275 Å². The van der Waals surface area contributed by atoms with Crippen LogP contribution >= 0.6 is 0 Å². The maximum Gasteiger partial charge on any atom is 0.320 e. The zero-order valence-corrected chi connectivity index (χ0v) is 16.0. The minimum absolute atomic E-state index is 0.0129. The largest absolute Gasteiger partial charge is 0.480 e. The predicted molar refractivity (Wildman–Crippen MR) is 103 cm³/mol. The van der Waals surface area contributed by atoms with E-state index >= 15 is 0 Å². The minimum Gasteiger partial charge on any atom is -0.480 e. The van der Waals surface area contributed by atoms with Gasteiger partial charge in [0.25, 0.3) is 0 Å². The molecular weight excluding hydrogens is 376 g/mol. The molecule has 0 heterocycles. The summed E-state index contributed by atoms with van der Waals surface area (Å²) in [5.74, 6) is -2.97. The molecule has 13 heteroatoms. The fourth-order valence-corrected chi connectivity index (χ4v) is 1.34. The number of rotatable bonds is 11. The van der Waals surface area contributed by atoms with Crippen LogP contribution in [0.15, 0.2) is 4.99 Å². The lowest BCUT2D eigenvalue weighted by Gasteiger charge is -2.03. The third-order valence-corrected chi connectivity index (χ3v) is 2.96. The average molecular weight is 410 g/mol. The summed E-state index contributed by atoms with van der Waals surface area (Å²) >= 11 is 0. The quantitative estimate of drug-likeness (QED) is 0.0965. The molecule has 0 saturated carbocycles. The van der Waals surface area contributed by atoms with Gasteiger partial charge in [0.2, 0.25) is 0 Å². The van der Waals surface area contributed by atoms with Crippen molar-refractivity contribution in [1.29, 1.82) is 0 Å². The zero-order chi connectivity index (χ0) is 22.7. The first-order valence-electron chi connectivity index (χ1n) is 8.51. The lowest BCUT2D eigenvalue weighted by atomic mass is 10.2. The summed E-state index contributed by atoms with van der Waals surface area (Å²) in [6.07, 6.45) is 2.47. The molecule has 28 heavy (non-hydrogen) atoms. The van der Waals surface area contributed by atoms with Crippen molar-refractivity contribution in [2.75, 3.05) is 13.2 Å². The van der Waals surface area contributed by atoms with Crippen molar-refractivity contribution in [3.8, 4) is 0 Å². The Hall–Kier alpha value is -2.48. The molecule has 0 fully saturated rings. The summed E-state index contributed by atoms with van der Waals surface area (Å²) in [5.41, 5.74) is 25.4. The SMILES string of the molecule is CCC[C@H](N)C(=O)O.NC(N)=NCCC[C@H](N)C(=O)O.N[C@@H](CCO)C(=O)O. The van der Waals surface area contributed by atoms with Gasteiger partial charge in [0.05, 0.1) is 0 Å². The van der Waals surface area contributed by atoms with Crippen molar-refractivity contribution in [2.24, 2.45) is 33.7 Å². The maximum absolute atomic E-state index is 10.2. The van der Waals surface area contributed by atoms with Crippen molar-refractivity contribution in [3.63, 3.8) is 0 Å². The minimum atomic E-state index is -1.07. The zero-order valence-electron chi connectivity index (χ0n) is 16.0. The summed E-state index contributed by atoms with van der Waals surface area (Å²) in [5, 5.41) is 32.8. The number of aliphatic imine (C=N–C) groups is 1. The molecule has 0 aliphatic heterocycles. The second-order valence-electron chi connectivity index (χ2n) is 5.58. The van der Waals surface area contributed by atoms with E-state index in [0.717, 1.165) is 6.42 Å². The molecule has 14 N–H and O–H groups in total. The van der Waals surface area contributed by atoms with Crippen molar-refractivity contribution in [1.82, 2.24) is 0 Å². The predicted octanol–water partition coefficient (Wildman–Crippen LogP) is -2.57. The monoisotopic (exact) mass is 410 g/mol. The number of guanidine groups is 1. The van der Waals surface area contributed by atoms with Gasteiger partial charge in [0.15, 0.2) is 5.96 Å². The highest BCUT2D eigenvalue weighted by Crippen LogP contribution is 1.94. The highest BCUT2D eigenvalue weighted by molar-refractivity contribution is 5.75. The molecule has 0 aromatic carbocycles. The highest BCUT2D eigenvalue weighted by Gasteiger charge is 2.10. The maximum atomic E-state index is 10.2. The van der Waals surface area contributed by atoms with Crippen molar-refractivity contribution >= 4 is 23.9 Å². The third-order valence-electron chi connectivity index (χ3n) is 2.96. The summed E-state index contributed by atoms with van der Waals surface area (Å²) in [4.78, 5) is 33.7. The number of nitrogens with two attached hydrogens (primary N) is 5. The Balaban J connectivity index is -0.000000347. The van der Waals surface area contributed by atoms with Gasteiger partial charge in [-0.15, -0.1) is 0 Å². The van der Waals surface area contributed by atoms with Crippen molar-refractivity contribution in [2.45, 2.75) is 57.2 Å². The Kier molecular flexibility index (Phi) is 20.8. The number of nitrogens with zero attached hydrogens (tertiary/aromatic N) is 1. The van der Waals surface area contributed by atoms with E-state index in [4.69, 9.17) is 49.1 Å². The molecule has 0 spiro atoms. The van der Waals surface area contributed by atoms with Gasteiger partial charge in [-0.05, 0) is 25.7 Å². The van der Waals surface area contributed by atoms with Gasteiger partial charge < -0.3 is 49.1 Å². The Morgan fingerprint density at radius 2 is 1.21 bits per heavy atom. The van der Waals surface area contributed by atoms with Crippen LogP contribution < -0.4 is 28.7 Å². The van der Waals surface area contributed by atoms with Gasteiger partial charge in [-0.3, -0.25) is 19.4 Å². The molecule has 0 bridgehead atoms. The van der Waals surface area contributed by atoms with E-state index in [2.05, 4.69) is 4.99 Å². The normalized spacial score (nSPS) is 12.8. The van der Waals surface area contributed by atoms with Crippen LogP contribution in [-0.2, 0) is 14.4 Å². The summed E-state index contributed by atoms with van der Waals surface area (Å²) < 4.78 is 0. The number of aliphatic hydroxyl groups excluding tert-OH is 1. The van der Waals surface area contributed by atoms with Gasteiger partial charge in [-0.1, -0.05) is 13.3 Å². The first-order chi connectivity index (χ1) is 12.9. The summed E-state index contributed by atoms with van der Waals surface area (Å²) in [6, 6.07) is -2.40. The van der Waals surface area contributed by atoms with E-state index < -0.39 is 36.0 Å². The molecule has 0 radical (unpaired) electrons. The summed E-state index contributed by atoms with van der Waals surface area (Å²) in [6.45, 7) is 2.15. The molecule has 0 aromatic rings. The van der Waals surface area contributed by atoms with E-state index in [1.165, 1.54) is 0 Å². The second kappa shape index (κ2) is 19.3. The smallest absolute Gasteiger partial charge is 0.320 e. The number of carbonyl (C=O) groups is 3. The number of aliphatic hydroxyl groups is 1. The van der Waals surface area contributed by atoms with Crippen LogP contribution in [0.3, 0.4) is 0 Å². The molecule has 0 rings (SSSR count). The lowest BCUT2D eigenvalue weighted by molar-refractivity contribution is -0.139. The van der Waals surface area contributed by atoms with Crippen LogP contribution in [0.2, 0.25) is 0 Å². The van der Waals surface area contributed by atoms with Gasteiger partial charge in [-0.2, -0.15) is 0 Å². The molecule has 166 valence electrons. The van der Waals surface area contributed by atoms with Crippen LogP contribution in [0, 0.1) is 0 Å². The van der Waals surface area contributed by atoms with E-state index in [0.29, 0.717) is 25.8 Å². The molecule has 13 nitrogen and oxygen atoms in total. The standard InChI is InChI=1S/C6H14N4O2.C5H11NO2.C4H9NO3/c7-4(5(11)12)2-1-3-10-6(8)9;1-2-3-4(6)5(7)8;5-3(1-2-6)4(7)8/h4H,1-3,7H2,(H,11,12)(H4,8,9,10);4H,2-3,6H2,1H3,(H,7,8);3,6H,1-2,5H2,(H,7,8)/t2*4-;3-/m000/s1. The molecule has 0 aromatic heterocycles. The molecule has 0 amide bonds. The molecule has 0 aliphatic carbocycles. The Morgan fingerprint density at radius 1 is 0.821 bits per heavy atom.